The van der Waals surface area contributed by atoms with Crippen molar-refractivity contribution in [1.29, 1.82) is 0 Å². The van der Waals surface area contributed by atoms with Crippen molar-refractivity contribution in [2.24, 2.45) is 0 Å². The molecule has 0 radical (unpaired) electrons. The Morgan fingerprint density at radius 2 is 0.276 bits per heavy atom. The van der Waals surface area contributed by atoms with E-state index < -0.39 is 0 Å². The Kier molecular flexibility index (Phi) is 35.1. The van der Waals surface area contributed by atoms with Gasteiger partial charge in [0.25, 0.3) is 0 Å². The fraction of sp³-hybridized carbons (Fsp3) is 1.00. The number of rotatable bonds is 23. The molecule has 0 aromatic carbocycles. The van der Waals surface area contributed by atoms with Gasteiger partial charge in [-0.25, -0.2) is 0 Å². The molecule has 0 aromatic rings. The first kappa shape index (κ1) is 31.2. The first-order valence-electron chi connectivity index (χ1n) is 14.3. The molecular weight excluding hydrogens is 348 g/mol. The average Bonchev–Trinajstić information content (AvgIpc) is 2.74. The molecule has 0 saturated carbocycles. The molecule has 0 bridgehead atoms. The van der Waals surface area contributed by atoms with Crippen LogP contribution in [0.2, 0.25) is 0 Å². The number of hydrogen-bond acceptors (Lipinski definition) is 0. The monoisotopic (exact) mass is 410 g/mol. The Balaban J connectivity index is 0. The van der Waals surface area contributed by atoms with E-state index in [4.69, 9.17) is 0 Å². The molecule has 0 saturated heterocycles. The van der Waals surface area contributed by atoms with Crippen LogP contribution in [-0.2, 0) is 0 Å². The van der Waals surface area contributed by atoms with E-state index in [0.29, 0.717) is 0 Å². The zero-order valence-electron chi connectivity index (χ0n) is 21.7. The smallest absolute Gasteiger partial charge is 0.0533 e. The van der Waals surface area contributed by atoms with Crippen molar-refractivity contribution in [2.45, 2.75) is 188 Å². The summed E-state index contributed by atoms with van der Waals surface area (Å²) in [5, 5.41) is 0. The third-order valence-electron chi connectivity index (χ3n) is 6.16. The maximum Gasteiger partial charge on any atom is -0.0533 e. The van der Waals surface area contributed by atoms with Crippen molar-refractivity contribution in [3.05, 3.63) is 0 Å². The Hall–Kier alpha value is 0. The maximum absolute atomic E-state index is 2.29. The van der Waals surface area contributed by atoms with E-state index in [2.05, 4.69) is 27.7 Å². The van der Waals surface area contributed by atoms with Crippen molar-refractivity contribution >= 4 is 0 Å². The van der Waals surface area contributed by atoms with Gasteiger partial charge in [0.15, 0.2) is 0 Å². The van der Waals surface area contributed by atoms with Gasteiger partial charge in [-0.15, -0.1) is 0 Å². The van der Waals surface area contributed by atoms with Crippen LogP contribution in [0.25, 0.3) is 0 Å². The molecule has 0 rings (SSSR count). The van der Waals surface area contributed by atoms with Crippen molar-refractivity contribution in [3.63, 3.8) is 0 Å². The first-order chi connectivity index (χ1) is 14.3. The van der Waals surface area contributed by atoms with Crippen molar-refractivity contribution in [2.75, 3.05) is 0 Å². The second-order valence-electron chi connectivity index (χ2n) is 9.42. The standard InChI is InChI=1S/C16H34.C13H28/c1-3-5-7-9-11-13-15-16-14-12-10-8-6-4-2;1-3-5-7-9-11-13-12-10-8-6-4-2/h3-16H2,1-2H3;3-13H2,1-2H3. The molecule has 0 amide bonds. The van der Waals surface area contributed by atoms with E-state index in [0.717, 1.165) is 0 Å². The molecule has 0 fully saturated rings. The van der Waals surface area contributed by atoms with Gasteiger partial charge in [-0.2, -0.15) is 0 Å². The molecule has 0 heteroatoms. The van der Waals surface area contributed by atoms with Gasteiger partial charge in [0.2, 0.25) is 0 Å². The number of hydrogen-bond donors (Lipinski definition) is 0. The quantitative estimate of drug-likeness (QED) is 0.147. The molecule has 29 heavy (non-hydrogen) atoms. The van der Waals surface area contributed by atoms with E-state index in [1.165, 1.54) is 161 Å². The summed E-state index contributed by atoms with van der Waals surface area (Å²) in [4.78, 5) is 0. The van der Waals surface area contributed by atoms with Crippen LogP contribution in [0.1, 0.15) is 188 Å². The van der Waals surface area contributed by atoms with Crippen molar-refractivity contribution in [3.8, 4) is 0 Å². The maximum atomic E-state index is 2.29. The highest BCUT2D eigenvalue weighted by molar-refractivity contribution is 4.49. The molecule has 178 valence electrons. The molecule has 0 aliphatic carbocycles. The summed E-state index contributed by atoms with van der Waals surface area (Å²) in [6.45, 7) is 9.15. The van der Waals surface area contributed by atoms with Gasteiger partial charge in [-0.3, -0.25) is 0 Å². The lowest BCUT2D eigenvalue weighted by Crippen LogP contribution is -1.82. The second kappa shape index (κ2) is 32.7. The van der Waals surface area contributed by atoms with Gasteiger partial charge in [-0.05, 0) is 0 Å². The highest BCUT2D eigenvalue weighted by atomic mass is 14.0. The van der Waals surface area contributed by atoms with Crippen LogP contribution in [-0.4, -0.2) is 0 Å². The third-order valence-corrected chi connectivity index (χ3v) is 6.16. The molecule has 0 N–H and O–H groups in total. The first-order valence-corrected chi connectivity index (χ1v) is 14.3. The van der Waals surface area contributed by atoms with Crippen LogP contribution in [0, 0.1) is 0 Å². The van der Waals surface area contributed by atoms with Gasteiger partial charge in [0.05, 0.1) is 0 Å². The zero-order valence-corrected chi connectivity index (χ0v) is 21.7. The van der Waals surface area contributed by atoms with Gasteiger partial charge in [0.1, 0.15) is 0 Å². The highest BCUT2D eigenvalue weighted by Gasteiger charge is 1.93. The normalized spacial score (nSPS) is 10.8. The summed E-state index contributed by atoms with van der Waals surface area (Å²) in [5.74, 6) is 0. The predicted molar refractivity (Wildman–Crippen MR) is 138 cm³/mol. The van der Waals surface area contributed by atoms with E-state index in [1.54, 1.807) is 0 Å². The summed E-state index contributed by atoms with van der Waals surface area (Å²) < 4.78 is 0. The number of unbranched alkanes of at least 4 members (excludes halogenated alkanes) is 23. The molecule has 0 nitrogen and oxygen atoms in total. The van der Waals surface area contributed by atoms with Crippen molar-refractivity contribution in [1.82, 2.24) is 0 Å². The summed E-state index contributed by atoms with van der Waals surface area (Å²) in [7, 11) is 0. The average molecular weight is 411 g/mol. The minimum Gasteiger partial charge on any atom is -0.0654 e. The van der Waals surface area contributed by atoms with Gasteiger partial charge < -0.3 is 0 Å². The Bertz CT molecular complexity index is 208. The SMILES string of the molecule is CCCCCCCCCCCCC.CCCCCCCCCCCCCCCC. The van der Waals surface area contributed by atoms with E-state index in [1.807, 2.05) is 0 Å². The summed E-state index contributed by atoms with van der Waals surface area (Å²) in [6, 6.07) is 0. The predicted octanol–water partition coefficient (Wildman–Crippen LogP) is 11.8. The lowest BCUT2D eigenvalue weighted by atomic mass is 10.0. The van der Waals surface area contributed by atoms with E-state index >= 15 is 0 Å². The Labute approximate surface area is 188 Å². The zero-order chi connectivity index (χ0) is 21.7. The van der Waals surface area contributed by atoms with Gasteiger partial charge in [0, 0.05) is 0 Å². The van der Waals surface area contributed by atoms with Crippen LogP contribution in [0.4, 0.5) is 0 Å². The molecule has 0 spiro atoms. The topological polar surface area (TPSA) is 0 Å². The van der Waals surface area contributed by atoms with Crippen LogP contribution in [0.15, 0.2) is 0 Å². The lowest BCUT2D eigenvalue weighted by molar-refractivity contribution is 0.538. The molecule has 0 unspecified atom stereocenters. The molecule has 0 atom stereocenters. The van der Waals surface area contributed by atoms with E-state index in [9.17, 15) is 0 Å². The van der Waals surface area contributed by atoms with E-state index in [-0.39, 0.29) is 0 Å². The molecular formula is C29H62. The van der Waals surface area contributed by atoms with Gasteiger partial charge >= 0.3 is 0 Å². The molecule has 0 heterocycles. The third kappa shape index (κ3) is 35.8. The van der Waals surface area contributed by atoms with Crippen LogP contribution >= 0.6 is 0 Å². The Morgan fingerprint density at radius 1 is 0.172 bits per heavy atom. The summed E-state index contributed by atoms with van der Waals surface area (Å²) in [5.41, 5.74) is 0. The fourth-order valence-corrected chi connectivity index (χ4v) is 4.01. The summed E-state index contributed by atoms with van der Waals surface area (Å²) in [6.07, 6.45) is 36.4. The lowest BCUT2D eigenvalue weighted by Gasteiger charge is -2.02. The van der Waals surface area contributed by atoms with Crippen molar-refractivity contribution < 1.29 is 0 Å². The molecule has 0 aliphatic heterocycles. The van der Waals surface area contributed by atoms with Crippen LogP contribution in [0.5, 0.6) is 0 Å². The molecule has 0 aromatic heterocycles. The largest absolute Gasteiger partial charge is 0.0654 e. The molecule has 0 aliphatic rings. The second-order valence-corrected chi connectivity index (χ2v) is 9.42. The minimum atomic E-state index is 1.37. The Morgan fingerprint density at radius 3 is 0.379 bits per heavy atom. The van der Waals surface area contributed by atoms with Gasteiger partial charge in [-0.1, -0.05) is 188 Å². The summed E-state index contributed by atoms with van der Waals surface area (Å²) >= 11 is 0. The highest BCUT2D eigenvalue weighted by Crippen LogP contribution is 2.13. The fourth-order valence-electron chi connectivity index (χ4n) is 4.01. The van der Waals surface area contributed by atoms with Crippen LogP contribution < -0.4 is 0 Å². The minimum absolute atomic E-state index is 1.37. The van der Waals surface area contributed by atoms with Crippen LogP contribution in [0.3, 0.4) is 0 Å².